The second-order valence-corrected chi connectivity index (χ2v) is 6.58. The Hall–Kier alpha value is -1.62. The van der Waals surface area contributed by atoms with Crippen molar-refractivity contribution in [3.63, 3.8) is 0 Å². The first-order valence-electron chi connectivity index (χ1n) is 7.71. The molecule has 2 rings (SSSR count). The van der Waals surface area contributed by atoms with Crippen LogP contribution in [0.5, 0.6) is 0 Å². The number of hydrogen-bond donors (Lipinski definition) is 2. The number of benzene rings is 2. The molecule has 0 saturated carbocycles. The molecule has 1 atom stereocenters. The van der Waals surface area contributed by atoms with Gasteiger partial charge in [0.05, 0.1) is 7.05 Å². The number of halogens is 3. The van der Waals surface area contributed by atoms with Crippen LogP contribution < -0.4 is 10.2 Å². The predicted molar refractivity (Wildman–Crippen MR) is 95.0 cm³/mol. The molecule has 0 spiro atoms. The normalized spacial score (nSPS) is 12.0. The largest absolute Gasteiger partial charge is 0.351 e. The van der Waals surface area contributed by atoms with Gasteiger partial charge in [-0.3, -0.25) is 4.79 Å². The number of likely N-dealkylation sites (N-methyl/N-ethyl adjacent to an activating group) is 1. The predicted octanol–water partition coefficient (Wildman–Crippen LogP) is 2.51. The van der Waals surface area contributed by atoms with Gasteiger partial charge in [0, 0.05) is 22.2 Å². The van der Waals surface area contributed by atoms with Gasteiger partial charge in [-0.15, -0.1) is 0 Å². The van der Waals surface area contributed by atoms with Crippen molar-refractivity contribution >= 4 is 29.1 Å². The van der Waals surface area contributed by atoms with E-state index in [0.29, 0.717) is 35.1 Å². The zero-order chi connectivity index (χ0) is 17.5. The lowest BCUT2D eigenvalue weighted by Crippen LogP contribution is -3.09. The Morgan fingerprint density at radius 1 is 1.17 bits per heavy atom. The Balaban J connectivity index is 1.75. The first-order chi connectivity index (χ1) is 11.5. The molecule has 24 heavy (non-hydrogen) atoms. The van der Waals surface area contributed by atoms with Gasteiger partial charge in [0.25, 0.3) is 5.91 Å². The number of carbonyl (C=O) groups excluding carboxylic acids is 1. The maximum absolute atomic E-state index is 13.6. The zero-order valence-electron chi connectivity index (χ0n) is 13.4. The third kappa shape index (κ3) is 5.78. The number of carbonyl (C=O) groups is 1. The van der Waals surface area contributed by atoms with Crippen LogP contribution >= 0.6 is 23.2 Å². The fraction of sp³-hybridized carbons (Fsp3) is 0.278. The van der Waals surface area contributed by atoms with Crippen molar-refractivity contribution in [3.05, 3.63) is 69.5 Å². The molecule has 2 N–H and O–H groups in total. The molecule has 2 aromatic rings. The van der Waals surface area contributed by atoms with Gasteiger partial charge in [0.2, 0.25) is 0 Å². The molecule has 2 aromatic carbocycles. The fourth-order valence-corrected chi connectivity index (χ4v) is 2.93. The van der Waals surface area contributed by atoms with E-state index in [1.165, 1.54) is 6.07 Å². The van der Waals surface area contributed by atoms with Crippen molar-refractivity contribution in [3.8, 4) is 0 Å². The summed E-state index contributed by atoms with van der Waals surface area (Å²) in [5.41, 5.74) is 1.55. The summed E-state index contributed by atoms with van der Waals surface area (Å²) in [6.07, 6.45) is 0.633. The van der Waals surface area contributed by atoms with Crippen LogP contribution in [0, 0.1) is 5.82 Å². The van der Waals surface area contributed by atoms with Crippen molar-refractivity contribution in [2.24, 2.45) is 0 Å². The molecule has 0 fully saturated rings. The molecule has 0 radical (unpaired) electrons. The van der Waals surface area contributed by atoms with E-state index in [4.69, 9.17) is 23.2 Å². The molecule has 6 heteroatoms. The lowest BCUT2D eigenvalue weighted by molar-refractivity contribution is -0.885. The van der Waals surface area contributed by atoms with Gasteiger partial charge < -0.3 is 10.2 Å². The molecular formula is C18H20Cl2FN2O+. The van der Waals surface area contributed by atoms with Gasteiger partial charge in [0.15, 0.2) is 6.54 Å². The highest BCUT2D eigenvalue weighted by molar-refractivity contribution is 6.35. The summed E-state index contributed by atoms with van der Waals surface area (Å²) in [7, 11) is 1.86. The Morgan fingerprint density at radius 2 is 1.92 bits per heavy atom. The van der Waals surface area contributed by atoms with Gasteiger partial charge in [-0.1, -0.05) is 47.5 Å². The summed E-state index contributed by atoms with van der Waals surface area (Å²) >= 11 is 12.0. The minimum Gasteiger partial charge on any atom is -0.351 e. The molecule has 0 aliphatic rings. The molecule has 1 unspecified atom stereocenters. The number of rotatable bonds is 7. The lowest BCUT2D eigenvalue weighted by Gasteiger charge is -2.14. The van der Waals surface area contributed by atoms with E-state index < -0.39 is 0 Å². The minimum atomic E-state index is -0.241. The monoisotopic (exact) mass is 369 g/mol. The molecule has 128 valence electrons. The van der Waals surface area contributed by atoms with E-state index in [-0.39, 0.29) is 18.3 Å². The van der Waals surface area contributed by atoms with Gasteiger partial charge in [-0.25, -0.2) is 4.39 Å². The van der Waals surface area contributed by atoms with Crippen molar-refractivity contribution in [2.75, 3.05) is 20.1 Å². The van der Waals surface area contributed by atoms with Gasteiger partial charge in [-0.05, 0) is 30.2 Å². The topological polar surface area (TPSA) is 33.5 Å². The summed E-state index contributed by atoms with van der Waals surface area (Å²) < 4.78 is 13.6. The molecular weight excluding hydrogens is 350 g/mol. The van der Waals surface area contributed by atoms with Crippen LogP contribution in [-0.2, 0) is 17.8 Å². The highest BCUT2D eigenvalue weighted by Crippen LogP contribution is 2.20. The Kier molecular flexibility index (Phi) is 7.03. The van der Waals surface area contributed by atoms with Crippen LogP contribution in [0.1, 0.15) is 11.1 Å². The lowest BCUT2D eigenvalue weighted by atomic mass is 10.1. The molecule has 0 aliphatic heterocycles. The summed E-state index contributed by atoms with van der Waals surface area (Å²) in [5.74, 6) is -0.316. The molecule has 0 saturated heterocycles. The van der Waals surface area contributed by atoms with E-state index in [0.717, 1.165) is 10.5 Å². The average Bonchev–Trinajstić information content (AvgIpc) is 2.51. The molecule has 3 nitrogen and oxygen atoms in total. The second-order valence-electron chi connectivity index (χ2n) is 5.74. The van der Waals surface area contributed by atoms with Crippen LogP contribution in [0.15, 0.2) is 42.5 Å². The summed E-state index contributed by atoms with van der Waals surface area (Å²) in [5, 5.41) is 4.04. The molecule has 0 aliphatic carbocycles. The molecule has 1 amide bonds. The highest BCUT2D eigenvalue weighted by atomic mass is 35.5. The van der Waals surface area contributed by atoms with Gasteiger partial charge in [0.1, 0.15) is 12.4 Å². The highest BCUT2D eigenvalue weighted by Gasteiger charge is 2.12. The van der Waals surface area contributed by atoms with Crippen LogP contribution in [0.3, 0.4) is 0 Å². The van der Waals surface area contributed by atoms with Crippen molar-refractivity contribution in [1.82, 2.24) is 5.32 Å². The number of nitrogens with one attached hydrogen (secondary N) is 2. The Morgan fingerprint density at radius 3 is 2.62 bits per heavy atom. The zero-order valence-corrected chi connectivity index (χ0v) is 14.9. The first kappa shape index (κ1) is 18.7. The van der Waals surface area contributed by atoms with Crippen LogP contribution in [-0.4, -0.2) is 26.0 Å². The van der Waals surface area contributed by atoms with Crippen LogP contribution in [0.25, 0.3) is 0 Å². The fourth-order valence-electron chi connectivity index (χ4n) is 2.43. The number of hydrogen-bond acceptors (Lipinski definition) is 1. The van der Waals surface area contributed by atoms with Gasteiger partial charge in [-0.2, -0.15) is 0 Å². The van der Waals surface area contributed by atoms with E-state index in [2.05, 4.69) is 5.32 Å². The maximum Gasteiger partial charge on any atom is 0.275 e. The SMILES string of the molecule is C[NH+](CC(=O)NCCc1ccc(Cl)cc1Cl)Cc1ccccc1F. The smallest absolute Gasteiger partial charge is 0.275 e. The Bertz CT molecular complexity index is 709. The van der Waals surface area contributed by atoms with Crippen LogP contribution in [0.4, 0.5) is 4.39 Å². The quantitative estimate of drug-likeness (QED) is 0.772. The van der Waals surface area contributed by atoms with Crippen molar-refractivity contribution in [1.29, 1.82) is 0 Å². The van der Waals surface area contributed by atoms with E-state index in [1.54, 1.807) is 30.3 Å². The third-order valence-corrected chi connectivity index (χ3v) is 4.23. The van der Waals surface area contributed by atoms with E-state index in [1.807, 2.05) is 13.1 Å². The van der Waals surface area contributed by atoms with Crippen molar-refractivity contribution < 1.29 is 14.1 Å². The number of quaternary nitrogens is 1. The maximum atomic E-state index is 13.6. The first-order valence-corrected chi connectivity index (χ1v) is 8.46. The molecule has 0 aromatic heterocycles. The van der Waals surface area contributed by atoms with Gasteiger partial charge >= 0.3 is 0 Å². The Labute approximate surface area is 151 Å². The summed E-state index contributed by atoms with van der Waals surface area (Å²) in [4.78, 5) is 12.9. The summed E-state index contributed by atoms with van der Waals surface area (Å²) in [6, 6.07) is 11.9. The van der Waals surface area contributed by atoms with E-state index in [9.17, 15) is 9.18 Å². The summed E-state index contributed by atoms with van der Waals surface area (Å²) in [6.45, 7) is 1.24. The minimum absolute atomic E-state index is 0.0751. The standard InChI is InChI=1S/C18H19Cl2FN2O/c1-23(11-14-4-2-3-5-17(14)21)12-18(24)22-9-8-13-6-7-15(19)10-16(13)20/h2-7,10H,8-9,11-12H2,1H3,(H,22,24)/p+1. The molecule has 0 bridgehead atoms. The van der Waals surface area contributed by atoms with Crippen molar-refractivity contribution in [2.45, 2.75) is 13.0 Å². The second kappa shape index (κ2) is 9.02. The third-order valence-electron chi connectivity index (χ3n) is 3.64. The van der Waals surface area contributed by atoms with Crippen LogP contribution in [0.2, 0.25) is 10.0 Å². The molecule has 0 heterocycles. The number of amides is 1. The van der Waals surface area contributed by atoms with E-state index >= 15 is 0 Å². The average molecular weight is 370 g/mol.